The lowest BCUT2D eigenvalue weighted by molar-refractivity contribution is -0.123. The smallest absolute Gasteiger partial charge is 0.339 e. The van der Waals surface area contributed by atoms with E-state index in [2.05, 4.69) is 15.9 Å². The maximum atomic E-state index is 13.7. The first-order valence-corrected chi connectivity index (χ1v) is 16.4. The second-order valence-electron chi connectivity index (χ2n) is 12.2. The fourth-order valence-electron chi connectivity index (χ4n) is 7.54. The van der Waals surface area contributed by atoms with Gasteiger partial charge in [-0.1, -0.05) is 58.7 Å². The molecular weight excluding hydrogens is 656 g/mol. The minimum atomic E-state index is -1.05. The molecule has 9 heteroatoms. The van der Waals surface area contributed by atoms with Gasteiger partial charge in [0.2, 0.25) is 17.6 Å². The highest BCUT2D eigenvalue weighted by molar-refractivity contribution is 9.10. The van der Waals surface area contributed by atoms with Crippen LogP contribution in [0, 0.1) is 23.7 Å². The van der Waals surface area contributed by atoms with Crippen molar-refractivity contribution in [3.8, 4) is 11.3 Å². The summed E-state index contributed by atoms with van der Waals surface area (Å²) in [7, 11) is 0. The van der Waals surface area contributed by atoms with Gasteiger partial charge in [-0.3, -0.25) is 19.3 Å². The minimum absolute atomic E-state index is 0.0848. The fourth-order valence-corrected chi connectivity index (χ4v) is 8.24. The number of hydrogen-bond donors (Lipinski definition) is 0. The molecule has 0 radical (unpaired) electrons. The molecule has 2 bridgehead atoms. The molecule has 2 saturated carbocycles. The van der Waals surface area contributed by atoms with Gasteiger partial charge < -0.3 is 4.74 Å². The molecule has 5 unspecified atom stereocenters. The minimum Gasteiger partial charge on any atom is -0.451 e. The lowest BCUT2D eigenvalue weighted by Gasteiger charge is -2.19. The van der Waals surface area contributed by atoms with E-state index in [1.54, 1.807) is 42.5 Å². The van der Waals surface area contributed by atoms with Crippen molar-refractivity contribution in [2.75, 3.05) is 4.90 Å². The number of fused-ring (bicyclic) bond motifs is 6. The number of Topliss-reactive ketones (excluding diaryl/α,β-unsaturated/α-hetero) is 1. The van der Waals surface area contributed by atoms with E-state index in [9.17, 15) is 19.2 Å². The highest BCUT2D eigenvalue weighted by Crippen LogP contribution is 2.56. The molecule has 5 atom stereocenters. The first-order valence-electron chi connectivity index (χ1n) is 15.3. The number of amides is 2. The molecule has 2 heterocycles. The number of halogens is 2. The van der Waals surface area contributed by atoms with Gasteiger partial charge in [0.05, 0.1) is 34.3 Å². The summed E-state index contributed by atoms with van der Waals surface area (Å²) >= 11 is 9.62. The summed E-state index contributed by atoms with van der Waals surface area (Å²) in [6, 6.07) is 19.1. The molecule has 0 N–H and O–H groups in total. The van der Waals surface area contributed by atoms with Crippen LogP contribution in [0.2, 0.25) is 5.02 Å². The highest BCUT2D eigenvalue weighted by atomic mass is 79.9. The first kappa shape index (κ1) is 29.8. The van der Waals surface area contributed by atoms with E-state index in [0.29, 0.717) is 56.7 Å². The number of aromatic nitrogens is 1. The molecule has 2 amide bonds. The van der Waals surface area contributed by atoms with E-state index in [1.165, 1.54) is 11.8 Å². The SMILES string of the molecule is CCc1cc(Br)cc2c(C(=O)OC(C)C(=O)c3cccc(Cl)c3)cc(-c3ccc(N4C(=O)C5C6CCC(C6)C5C4=O)cc3)nc12. The zero-order valence-corrected chi connectivity index (χ0v) is 27.1. The summed E-state index contributed by atoms with van der Waals surface area (Å²) < 4.78 is 6.51. The van der Waals surface area contributed by atoms with E-state index in [-0.39, 0.29) is 35.0 Å². The summed E-state index contributed by atoms with van der Waals surface area (Å²) in [4.78, 5) is 59.8. The molecule has 7 nitrogen and oxygen atoms in total. The van der Waals surface area contributed by atoms with Gasteiger partial charge in [-0.05, 0) is 92.5 Å². The number of hydrogen-bond acceptors (Lipinski definition) is 6. The van der Waals surface area contributed by atoms with Gasteiger partial charge in [0, 0.05) is 26.0 Å². The van der Waals surface area contributed by atoms with Gasteiger partial charge in [-0.15, -0.1) is 0 Å². The Bertz CT molecular complexity index is 1880. The summed E-state index contributed by atoms with van der Waals surface area (Å²) in [5.41, 5.74) is 4.00. The Morgan fingerprint density at radius 3 is 2.33 bits per heavy atom. The van der Waals surface area contributed by atoms with Crippen LogP contribution in [0.5, 0.6) is 0 Å². The molecule has 0 spiro atoms. The normalized spacial score (nSPS) is 22.6. The second kappa shape index (κ2) is 11.5. The van der Waals surface area contributed by atoms with Crippen LogP contribution in [0.1, 0.15) is 59.4 Å². The van der Waals surface area contributed by atoms with E-state index >= 15 is 0 Å². The van der Waals surface area contributed by atoms with Gasteiger partial charge in [0.15, 0.2) is 6.10 Å². The van der Waals surface area contributed by atoms with Crippen molar-refractivity contribution in [2.45, 2.75) is 45.6 Å². The number of ether oxygens (including phenoxy) is 1. The number of carbonyl (C=O) groups is 4. The quantitative estimate of drug-likeness (QED) is 0.112. The standard InChI is InChI=1S/C36H30BrClN2O5/c1-3-19-14-24(37)16-27-28(36(44)45-18(2)33(41)23-5-4-6-25(38)15-23)17-29(39-32(19)27)20-9-11-26(12-10-20)40-34(42)30-21-7-8-22(13-21)31(30)35(40)43/h4-6,9-12,14-18,21-22,30-31H,3,7-8,13H2,1-2H3. The van der Waals surface area contributed by atoms with Gasteiger partial charge in [0.25, 0.3) is 0 Å². The van der Waals surface area contributed by atoms with Crippen molar-refractivity contribution < 1.29 is 23.9 Å². The number of imide groups is 1. The molecule has 1 aliphatic heterocycles. The maximum Gasteiger partial charge on any atom is 0.339 e. The van der Waals surface area contributed by atoms with Crippen molar-refractivity contribution in [2.24, 2.45) is 23.7 Å². The zero-order valence-electron chi connectivity index (χ0n) is 24.8. The van der Waals surface area contributed by atoms with Crippen molar-refractivity contribution in [1.82, 2.24) is 4.98 Å². The summed E-state index contributed by atoms with van der Waals surface area (Å²) in [6.07, 6.45) is 2.67. The number of nitrogens with zero attached hydrogens (tertiary/aromatic N) is 2. The van der Waals surface area contributed by atoms with Crippen molar-refractivity contribution in [1.29, 1.82) is 0 Å². The highest BCUT2D eigenvalue weighted by Gasteiger charge is 2.61. The van der Waals surface area contributed by atoms with Gasteiger partial charge in [-0.2, -0.15) is 0 Å². The molecular formula is C36H30BrClN2O5. The van der Waals surface area contributed by atoms with E-state index in [4.69, 9.17) is 21.3 Å². The van der Waals surface area contributed by atoms with Crippen LogP contribution in [0.4, 0.5) is 5.69 Å². The summed E-state index contributed by atoms with van der Waals surface area (Å²) in [5, 5.41) is 1.02. The average Bonchev–Trinajstić information content (AvgIpc) is 3.73. The topological polar surface area (TPSA) is 93.6 Å². The zero-order chi connectivity index (χ0) is 31.6. The van der Waals surface area contributed by atoms with Gasteiger partial charge >= 0.3 is 5.97 Å². The average molecular weight is 686 g/mol. The Labute approximate surface area is 274 Å². The molecule has 3 aromatic carbocycles. The fraction of sp³-hybridized carbons (Fsp3) is 0.306. The molecule has 1 saturated heterocycles. The second-order valence-corrected chi connectivity index (χ2v) is 13.6. The van der Waals surface area contributed by atoms with Crippen LogP contribution < -0.4 is 4.90 Å². The number of benzene rings is 3. The van der Waals surface area contributed by atoms with Gasteiger partial charge in [0.1, 0.15) is 0 Å². The number of esters is 1. The van der Waals surface area contributed by atoms with Crippen LogP contribution in [-0.2, 0) is 20.7 Å². The monoisotopic (exact) mass is 684 g/mol. The third-order valence-electron chi connectivity index (χ3n) is 9.67. The molecule has 4 aromatic rings. The van der Waals surface area contributed by atoms with Crippen LogP contribution in [-0.4, -0.2) is 34.7 Å². The lowest BCUT2D eigenvalue weighted by atomic mass is 9.81. The van der Waals surface area contributed by atoms with Crippen molar-refractivity contribution in [3.63, 3.8) is 0 Å². The number of rotatable bonds is 7. The van der Waals surface area contributed by atoms with E-state index < -0.39 is 12.1 Å². The Hall–Kier alpha value is -3.88. The summed E-state index contributed by atoms with van der Waals surface area (Å²) in [6.45, 7) is 3.55. The molecule has 1 aromatic heterocycles. The lowest BCUT2D eigenvalue weighted by Crippen LogP contribution is -2.32. The Morgan fingerprint density at radius 2 is 1.69 bits per heavy atom. The van der Waals surface area contributed by atoms with E-state index in [0.717, 1.165) is 29.3 Å². The predicted octanol–water partition coefficient (Wildman–Crippen LogP) is 7.84. The van der Waals surface area contributed by atoms with Crippen molar-refractivity contribution in [3.05, 3.63) is 92.9 Å². The van der Waals surface area contributed by atoms with Crippen LogP contribution in [0.15, 0.2) is 71.2 Å². The molecule has 2 aliphatic carbocycles. The number of pyridine rings is 1. The number of aryl methyl sites for hydroxylation is 1. The molecule has 7 rings (SSSR count). The first-order chi connectivity index (χ1) is 21.6. The van der Waals surface area contributed by atoms with Crippen LogP contribution in [0.3, 0.4) is 0 Å². The predicted molar refractivity (Wildman–Crippen MR) is 175 cm³/mol. The maximum absolute atomic E-state index is 13.7. The Balaban J connectivity index is 1.22. The number of ketones is 1. The molecule has 3 aliphatic rings. The largest absolute Gasteiger partial charge is 0.451 e. The molecule has 45 heavy (non-hydrogen) atoms. The third-order valence-corrected chi connectivity index (χ3v) is 10.4. The number of carbonyl (C=O) groups excluding carboxylic acids is 4. The van der Waals surface area contributed by atoms with Crippen LogP contribution >= 0.6 is 27.5 Å². The Morgan fingerprint density at radius 1 is 1.00 bits per heavy atom. The summed E-state index contributed by atoms with van der Waals surface area (Å²) in [5.74, 6) is -0.930. The third kappa shape index (κ3) is 5.08. The van der Waals surface area contributed by atoms with Gasteiger partial charge in [-0.25, -0.2) is 9.78 Å². The Kier molecular flexibility index (Phi) is 7.61. The number of anilines is 1. The van der Waals surface area contributed by atoms with E-state index in [1.807, 2.05) is 31.2 Å². The van der Waals surface area contributed by atoms with Crippen molar-refractivity contribution >= 4 is 67.7 Å². The van der Waals surface area contributed by atoms with Crippen LogP contribution in [0.25, 0.3) is 22.2 Å². The molecule has 3 fully saturated rings. The molecule has 228 valence electrons.